The molecule has 10 heteroatoms. The molecule has 2 aromatic carbocycles. The van der Waals surface area contributed by atoms with Gasteiger partial charge in [0.25, 0.3) is 5.91 Å². The van der Waals surface area contributed by atoms with E-state index >= 15 is 0 Å². The van der Waals surface area contributed by atoms with Gasteiger partial charge in [-0.05, 0) is 55.3 Å². The Morgan fingerprint density at radius 1 is 1.14 bits per heavy atom. The molecule has 0 saturated heterocycles. The van der Waals surface area contributed by atoms with Gasteiger partial charge in [-0.15, -0.1) is 0 Å². The zero-order chi connectivity index (χ0) is 26.5. The molecular weight excluding hydrogens is 495 g/mol. The highest BCUT2D eigenvalue weighted by Crippen LogP contribution is 2.31. The minimum absolute atomic E-state index is 0.100. The summed E-state index contributed by atoms with van der Waals surface area (Å²) in [6.45, 7) is 5.06. The monoisotopic (exact) mass is 524 g/mol. The first-order valence-electron chi connectivity index (χ1n) is 12.0. The summed E-state index contributed by atoms with van der Waals surface area (Å²) >= 11 is 0. The third-order valence-electron chi connectivity index (χ3n) is 6.10. The second kappa shape index (κ2) is 11.5. The van der Waals surface area contributed by atoms with Crippen molar-refractivity contribution in [1.29, 1.82) is 0 Å². The van der Waals surface area contributed by atoms with Crippen molar-refractivity contribution in [3.63, 3.8) is 0 Å². The van der Waals surface area contributed by atoms with Crippen LogP contribution in [0.3, 0.4) is 0 Å². The number of halogens is 1. The second-order valence-electron chi connectivity index (χ2n) is 8.53. The van der Waals surface area contributed by atoms with E-state index < -0.39 is 16.6 Å². The van der Waals surface area contributed by atoms with Crippen LogP contribution >= 0.6 is 0 Å². The van der Waals surface area contributed by atoms with Crippen molar-refractivity contribution in [2.45, 2.75) is 31.7 Å². The maximum absolute atomic E-state index is 15.0. The number of aromatic nitrogens is 1. The van der Waals surface area contributed by atoms with Gasteiger partial charge in [-0.1, -0.05) is 13.0 Å². The van der Waals surface area contributed by atoms with Crippen molar-refractivity contribution in [1.82, 2.24) is 15.2 Å². The number of carbonyl (C=O) groups excluding carboxylic acids is 2. The largest absolute Gasteiger partial charge is 0.491 e. The molecule has 1 atom stereocenters. The van der Waals surface area contributed by atoms with Crippen molar-refractivity contribution < 1.29 is 22.9 Å². The number of fused-ring (bicyclic) bond motifs is 1. The Labute approximate surface area is 217 Å². The number of ether oxygens (including phenoxy) is 1. The fourth-order valence-electron chi connectivity index (χ4n) is 4.24. The molecule has 0 saturated carbocycles. The number of pyridine rings is 1. The van der Waals surface area contributed by atoms with Crippen LogP contribution in [0.5, 0.6) is 5.75 Å². The Bertz CT molecular complexity index is 1350. The summed E-state index contributed by atoms with van der Waals surface area (Å²) < 4.78 is 32.8. The number of urea groups is 1. The van der Waals surface area contributed by atoms with Crippen molar-refractivity contribution in [2.75, 3.05) is 31.3 Å². The van der Waals surface area contributed by atoms with Gasteiger partial charge < -0.3 is 15.0 Å². The van der Waals surface area contributed by atoms with Crippen molar-refractivity contribution in [3.8, 4) is 16.9 Å². The Morgan fingerprint density at radius 2 is 1.92 bits per heavy atom. The first-order valence-corrected chi connectivity index (χ1v) is 13.6. The first kappa shape index (κ1) is 26.3. The molecule has 0 aliphatic carbocycles. The molecule has 1 aliphatic heterocycles. The number of rotatable bonds is 6. The van der Waals surface area contributed by atoms with Crippen LogP contribution in [0, 0.1) is 5.82 Å². The summed E-state index contributed by atoms with van der Waals surface area (Å²) in [7, 11) is -1.49. The maximum Gasteiger partial charge on any atom is 0.320 e. The molecule has 0 fully saturated rings. The van der Waals surface area contributed by atoms with Crippen LogP contribution in [-0.2, 0) is 23.8 Å². The number of hydrogen-bond donors (Lipinski definition) is 2. The van der Waals surface area contributed by atoms with E-state index in [2.05, 4.69) is 15.6 Å². The first-order chi connectivity index (χ1) is 17.8. The lowest BCUT2D eigenvalue weighted by Crippen LogP contribution is -2.33. The number of amides is 3. The van der Waals surface area contributed by atoms with Crippen LogP contribution in [0.15, 0.2) is 53.6 Å². The van der Waals surface area contributed by atoms with Crippen molar-refractivity contribution in [3.05, 3.63) is 71.2 Å². The Balaban J connectivity index is 1.58. The van der Waals surface area contributed by atoms with E-state index in [0.29, 0.717) is 44.2 Å². The summed E-state index contributed by atoms with van der Waals surface area (Å²) in [6.07, 6.45) is 3.39. The molecule has 1 unspecified atom stereocenters. The smallest absolute Gasteiger partial charge is 0.320 e. The zero-order valence-electron chi connectivity index (χ0n) is 21.0. The highest BCUT2D eigenvalue weighted by molar-refractivity contribution is 7.84. The lowest BCUT2D eigenvalue weighted by atomic mass is 10.0. The Kier molecular flexibility index (Phi) is 8.17. The number of hydrogen-bond acceptors (Lipinski definition) is 5. The van der Waals surface area contributed by atoms with E-state index in [4.69, 9.17) is 4.74 Å². The summed E-state index contributed by atoms with van der Waals surface area (Å²) in [5.74, 6) is 0.232. The van der Waals surface area contributed by atoms with E-state index in [-0.39, 0.29) is 28.0 Å². The van der Waals surface area contributed by atoms with E-state index in [9.17, 15) is 18.2 Å². The predicted octanol–water partition coefficient (Wildman–Crippen LogP) is 4.36. The molecule has 1 aliphatic rings. The lowest BCUT2D eigenvalue weighted by molar-refractivity contribution is 0.0731. The highest BCUT2D eigenvalue weighted by atomic mass is 32.2. The summed E-state index contributed by atoms with van der Waals surface area (Å²) in [5.41, 5.74) is 3.07. The molecule has 0 bridgehead atoms. The normalized spacial score (nSPS) is 13.7. The molecule has 0 radical (unpaired) electrons. The van der Waals surface area contributed by atoms with Gasteiger partial charge in [0.15, 0.2) is 0 Å². The molecule has 37 heavy (non-hydrogen) atoms. The fourth-order valence-corrected chi connectivity index (χ4v) is 4.88. The van der Waals surface area contributed by atoms with Gasteiger partial charge in [0.2, 0.25) is 0 Å². The molecule has 2 N–H and O–H groups in total. The standard InChI is InChI=1S/C27H29FN4O4S/c1-4-20-21(8-10-23(25(20)28)37(3)35)26(33)32-12-13-36-22-9-6-17(14-19(22)16-32)18-7-11-24(30-15-18)31-27(34)29-5-2/h6-11,14-15H,4-5,12-13,16H2,1-3H3,(H2,29,30,31,34). The van der Waals surface area contributed by atoms with Crippen LogP contribution in [0.25, 0.3) is 11.1 Å². The molecule has 194 valence electrons. The van der Waals surface area contributed by atoms with Gasteiger partial charge in [-0.2, -0.15) is 0 Å². The molecular formula is C27H29FN4O4S. The second-order valence-corrected chi connectivity index (χ2v) is 9.87. The van der Waals surface area contributed by atoms with Gasteiger partial charge in [0.1, 0.15) is 24.0 Å². The minimum atomic E-state index is -1.49. The van der Waals surface area contributed by atoms with Crippen molar-refractivity contribution in [2.24, 2.45) is 0 Å². The molecule has 0 spiro atoms. The van der Waals surface area contributed by atoms with Gasteiger partial charge in [-0.25, -0.2) is 14.2 Å². The quantitative estimate of drug-likeness (QED) is 0.499. The van der Waals surface area contributed by atoms with Gasteiger partial charge in [0, 0.05) is 47.8 Å². The topological polar surface area (TPSA) is 101 Å². The molecule has 3 aromatic rings. The average molecular weight is 525 g/mol. The maximum atomic E-state index is 15.0. The van der Waals surface area contributed by atoms with E-state index in [1.54, 1.807) is 30.2 Å². The van der Waals surface area contributed by atoms with Crippen LogP contribution in [-0.4, -0.2) is 52.0 Å². The molecule has 8 nitrogen and oxygen atoms in total. The highest BCUT2D eigenvalue weighted by Gasteiger charge is 2.25. The number of nitrogens with zero attached hydrogens (tertiary/aromatic N) is 2. The van der Waals surface area contributed by atoms with Crippen LogP contribution in [0.2, 0.25) is 0 Å². The predicted molar refractivity (Wildman–Crippen MR) is 141 cm³/mol. The zero-order valence-corrected chi connectivity index (χ0v) is 21.8. The van der Waals surface area contributed by atoms with Gasteiger partial charge >= 0.3 is 6.03 Å². The number of anilines is 1. The third kappa shape index (κ3) is 5.80. The van der Waals surface area contributed by atoms with Gasteiger partial charge in [-0.3, -0.25) is 14.3 Å². The third-order valence-corrected chi connectivity index (χ3v) is 7.04. The minimum Gasteiger partial charge on any atom is -0.491 e. The van der Waals surface area contributed by atoms with Crippen LogP contribution < -0.4 is 15.4 Å². The van der Waals surface area contributed by atoms with E-state index in [1.807, 2.05) is 31.2 Å². The average Bonchev–Trinajstić information content (AvgIpc) is 3.10. The summed E-state index contributed by atoms with van der Waals surface area (Å²) in [4.78, 5) is 31.2. The molecule has 1 aromatic heterocycles. The molecule has 2 heterocycles. The van der Waals surface area contributed by atoms with E-state index in [1.165, 1.54) is 12.3 Å². The molecule has 4 rings (SSSR count). The summed E-state index contributed by atoms with van der Waals surface area (Å²) in [5, 5.41) is 5.32. The number of carbonyl (C=O) groups is 2. The van der Waals surface area contributed by atoms with E-state index in [0.717, 1.165) is 16.7 Å². The number of nitrogens with one attached hydrogen (secondary N) is 2. The van der Waals surface area contributed by atoms with Crippen LogP contribution in [0.1, 0.15) is 35.3 Å². The Hall–Kier alpha value is -3.79. The lowest BCUT2D eigenvalue weighted by Gasteiger charge is -2.22. The number of benzene rings is 2. The molecule has 3 amide bonds. The Morgan fingerprint density at radius 3 is 2.59 bits per heavy atom. The van der Waals surface area contributed by atoms with Gasteiger partial charge in [0.05, 0.1) is 22.2 Å². The van der Waals surface area contributed by atoms with Crippen molar-refractivity contribution >= 4 is 28.6 Å². The summed E-state index contributed by atoms with van der Waals surface area (Å²) in [6, 6.07) is 12.0. The fraction of sp³-hybridized carbons (Fsp3) is 0.296. The van der Waals surface area contributed by atoms with Crippen LogP contribution in [0.4, 0.5) is 15.0 Å². The SMILES string of the molecule is CCNC(=O)Nc1ccc(-c2ccc3c(c2)CN(C(=O)c2ccc(S(C)=O)c(F)c2CC)CCO3)cn1.